The number of rotatable bonds is 0. The van der Waals surface area contributed by atoms with Crippen LogP contribution in [0.15, 0.2) is 0 Å². The largest absolute Gasteiger partial charge is 0.375 e. The highest BCUT2D eigenvalue weighted by Gasteiger charge is 2.33. The van der Waals surface area contributed by atoms with E-state index in [1.807, 2.05) is 0 Å². The van der Waals surface area contributed by atoms with Crippen molar-refractivity contribution in [2.75, 3.05) is 13.2 Å². The zero-order valence-corrected chi connectivity index (χ0v) is 8.38. The van der Waals surface area contributed by atoms with Crippen molar-refractivity contribution in [2.45, 2.75) is 45.8 Å². The molecule has 2 heterocycles. The van der Waals surface area contributed by atoms with Gasteiger partial charge in [0.1, 0.15) is 0 Å². The van der Waals surface area contributed by atoms with E-state index in [2.05, 4.69) is 20.8 Å². The van der Waals surface area contributed by atoms with Crippen LogP contribution in [-0.4, -0.2) is 25.4 Å². The van der Waals surface area contributed by atoms with Gasteiger partial charge in [-0.2, -0.15) is 0 Å². The highest BCUT2D eigenvalue weighted by molar-refractivity contribution is 4.81. The molecule has 0 amide bonds. The molecule has 2 saturated heterocycles. The standard InChI is InChI=1S/C6H10O2.C4H10/c1-3-7-6-2-4-8-5(1)6;1-4(2)3/h5-6H,1-4H2;4H,1-3H3. The molecule has 2 rings (SSSR count). The molecule has 0 aromatic rings. The lowest BCUT2D eigenvalue weighted by atomic mass is 10.2. The van der Waals surface area contributed by atoms with Crippen molar-refractivity contribution in [3.05, 3.63) is 0 Å². The molecule has 2 atom stereocenters. The molecule has 72 valence electrons. The van der Waals surface area contributed by atoms with Crippen molar-refractivity contribution < 1.29 is 9.47 Å². The van der Waals surface area contributed by atoms with Crippen LogP contribution in [0.25, 0.3) is 0 Å². The highest BCUT2D eigenvalue weighted by Crippen LogP contribution is 2.25. The fourth-order valence-electron chi connectivity index (χ4n) is 1.42. The molecular formula is C10H20O2. The van der Waals surface area contributed by atoms with Gasteiger partial charge < -0.3 is 9.47 Å². The zero-order chi connectivity index (χ0) is 8.97. The number of ether oxygens (including phenoxy) is 2. The summed E-state index contributed by atoms with van der Waals surface area (Å²) in [6.45, 7) is 8.32. The van der Waals surface area contributed by atoms with Crippen molar-refractivity contribution in [2.24, 2.45) is 5.92 Å². The predicted molar refractivity (Wildman–Crippen MR) is 49.2 cm³/mol. The first kappa shape index (κ1) is 10.0. The summed E-state index contributed by atoms with van der Waals surface area (Å²) in [6.07, 6.45) is 3.14. The van der Waals surface area contributed by atoms with Gasteiger partial charge >= 0.3 is 0 Å². The van der Waals surface area contributed by atoms with Crippen LogP contribution in [0.4, 0.5) is 0 Å². The first-order valence-electron chi connectivity index (χ1n) is 4.93. The normalized spacial score (nSPS) is 33.0. The fraction of sp³-hybridized carbons (Fsp3) is 1.00. The maximum atomic E-state index is 5.35. The Kier molecular flexibility index (Phi) is 4.02. The third kappa shape index (κ3) is 3.11. The van der Waals surface area contributed by atoms with E-state index in [-0.39, 0.29) is 0 Å². The van der Waals surface area contributed by atoms with Crippen LogP contribution < -0.4 is 0 Å². The molecule has 2 nitrogen and oxygen atoms in total. The molecule has 2 fully saturated rings. The molecule has 0 bridgehead atoms. The summed E-state index contributed by atoms with van der Waals surface area (Å²) in [7, 11) is 0. The first-order chi connectivity index (χ1) is 5.70. The average molecular weight is 172 g/mol. The van der Waals surface area contributed by atoms with E-state index in [9.17, 15) is 0 Å². The molecule has 0 spiro atoms. The third-order valence-corrected chi connectivity index (χ3v) is 1.88. The summed E-state index contributed by atoms with van der Waals surface area (Å²) < 4.78 is 10.7. The minimum atomic E-state index is 0.454. The third-order valence-electron chi connectivity index (χ3n) is 1.88. The Bertz CT molecular complexity index is 100. The van der Waals surface area contributed by atoms with Crippen molar-refractivity contribution in [3.63, 3.8) is 0 Å². The number of hydrogen-bond donors (Lipinski definition) is 0. The molecule has 2 unspecified atom stereocenters. The lowest BCUT2D eigenvalue weighted by molar-refractivity contribution is 0.0732. The molecule has 2 heteroatoms. The summed E-state index contributed by atoms with van der Waals surface area (Å²) in [6, 6.07) is 0. The second-order valence-electron chi connectivity index (χ2n) is 4.13. The van der Waals surface area contributed by atoms with E-state index in [1.165, 1.54) is 0 Å². The lowest BCUT2D eigenvalue weighted by Gasteiger charge is -2.03. The molecule has 0 aliphatic carbocycles. The van der Waals surface area contributed by atoms with E-state index in [0.29, 0.717) is 12.2 Å². The SMILES string of the molecule is C1CC2OCCC2O1.CC(C)C. The Hall–Kier alpha value is -0.0800. The summed E-state index contributed by atoms with van der Waals surface area (Å²) in [4.78, 5) is 0. The highest BCUT2D eigenvalue weighted by atomic mass is 16.6. The summed E-state index contributed by atoms with van der Waals surface area (Å²) >= 11 is 0. The van der Waals surface area contributed by atoms with Crippen molar-refractivity contribution in [3.8, 4) is 0 Å². The van der Waals surface area contributed by atoms with Gasteiger partial charge in [-0.1, -0.05) is 20.8 Å². The van der Waals surface area contributed by atoms with Crippen molar-refractivity contribution in [1.82, 2.24) is 0 Å². The van der Waals surface area contributed by atoms with E-state index < -0.39 is 0 Å². The monoisotopic (exact) mass is 172 g/mol. The van der Waals surface area contributed by atoms with Gasteiger partial charge in [0.25, 0.3) is 0 Å². The maximum absolute atomic E-state index is 5.35. The first-order valence-corrected chi connectivity index (χ1v) is 4.93. The van der Waals surface area contributed by atoms with Gasteiger partial charge in [0, 0.05) is 13.2 Å². The molecule has 0 aromatic heterocycles. The van der Waals surface area contributed by atoms with Crippen LogP contribution >= 0.6 is 0 Å². The average Bonchev–Trinajstić information content (AvgIpc) is 2.40. The molecule has 2 aliphatic rings. The quantitative estimate of drug-likeness (QED) is 0.558. The lowest BCUT2D eigenvalue weighted by Crippen LogP contribution is -2.13. The van der Waals surface area contributed by atoms with Gasteiger partial charge in [0.05, 0.1) is 12.2 Å². The van der Waals surface area contributed by atoms with E-state index in [4.69, 9.17) is 9.47 Å². The second kappa shape index (κ2) is 4.83. The molecule has 2 aliphatic heterocycles. The Morgan fingerprint density at radius 2 is 1.25 bits per heavy atom. The second-order valence-corrected chi connectivity index (χ2v) is 4.13. The van der Waals surface area contributed by atoms with Crippen molar-refractivity contribution >= 4 is 0 Å². The van der Waals surface area contributed by atoms with E-state index >= 15 is 0 Å². The fourth-order valence-corrected chi connectivity index (χ4v) is 1.42. The van der Waals surface area contributed by atoms with E-state index in [1.54, 1.807) is 0 Å². The van der Waals surface area contributed by atoms with Gasteiger partial charge in [-0.15, -0.1) is 0 Å². The van der Waals surface area contributed by atoms with Gasteiger partial charge in [0.15, 0.2) is 0 Å². The van der Waals surface area contributed by atoms with Crippen LogP contribution in [-0.2, 0) is 9.47 Å². The predicted octanol–water partition coefficient (Wildman–Crippen LogP) is 2.23. The van der Waals surface area contributed by atoms with E-state index in [0.717, 1.165) is 32.0 Å². The number of hydrogen-bond acceptors (Lipinski definition) is 2. The molecular weight excluding hydrogens is 152 g/mol. The Morgan fingerprint density at radius 1 is 0.917 bits per heavy atom. The summed E-state index contributed by atoms with van der Waals surface area (Å²) in [5, 5.41) is 0. The van der Waals surface area contributed by atoms with Crippen LogP contribution in [0, 0.1) is 5.92 Å². The van der Waals surface area contributed by atoms with Crippen molar-refractivity contribution in [1.29, 1.82) is 0 Å². The topological polar surface area (TPSA) is 18.5 Å². The molecule has 0 aromatic carbocycles. The Balaban J connectivity index is 0.000000157. The smallest absolute Gasteiger partial charge is 0.0859 e. The van der Waals surface area contributed by atoms with Crippen LogP contribution in [0.2, 0.25) is 0 Å². The summed E-state index contributed by atoms with van der Waals surface area (Å²) in [5.41, 5.74) is 0. The zero-order valence-electron chi connectivity index (χ0n) is 8.38. The van der Waals surface area contributed by atoms with Gasteiger partial charge in [0.2, 0.25) is 0 Å². The Labute approximate surface area is 75.2 Å². The Morgan fingerprint density at radius 3 is 1.58 bits per heavy atom. The molecule has 0 radical (unpaired) electrons. The van der Waals surface area contributed by atoms with Crippen LogP contribution in [0.1, 0.15) is 33.6 Å². The van der Waals surface area contributed by atoms with Gasteiger partial charge in [-0.3, -0.25) is 0 Å². The van der Waals surface area contributed by atoms with Gasteiger partial charge in [-0.25, -0.2) is 0 Å². The van der Waals surface area contributed by atoms with Gasteiger partial charge in [-0.05, 0) is 18.8 Å². The molecule has 12 heavy (non-hydrogen) atoms. The molecule has 0 saturated carbocycles. The van der Waals surface area contributed by atoms with Crippen LogP contribution in [0.5, 0.6) is 0 Å². The minimum absolute atomic E-state index is 0.454. The summed E-state index contributed by atoms with van der Waals surface area (Å²) in [5.74, 6) is 0.833. The molecule has 0 N–H and O–H groups in total. The van der Waals surface area contributed by atoms with Crippen LogP contribution in [0.3, 0.4) is 0 Å². The minimum Gasteiger partial charge on any atom is -0.375 e. The number of fused-ring (bicyclic) bond motifs is 1. The maximum Gasteiger partial charge on any atom is 0.0859 e.